The van der Waals surface area contributed by atoms with Crippen molar-refractivity contribution in [1.29, 1.82) is 0 Å². The first kappa shape index (κ1) is 14.0. The second kappa shape index (κ2) is 5.45. The van der Waals surface area contributed by atoms with Crippen LogP contribution in [0.4, 0.5) is 5.95 Å². The van der Waals surface area contributed by atoms with Crippen LogP contribution in [0, 0.1) is 0 Å². The van der Waals surface area contributed by atoms with Gasteiger partial charge in [-0.25, -0.2) is 8.42 Å². The van der Waals surface area contributed by atoms with Crippen LogP contribution < -0.4 is 10.2 Å². The molecule has 3 heterocycles. The molecule has 1 aliphatic rings. The summed E-state index contributed by atoms with van der Waals surface area (Å²) in [5.41, 5.74) is 0.336. The maximum Gasteiger partial charge on any atom is 0.281 e. The molecule has 1 fully saturated rings. The van der Waals surface area contributed by atoms with E-state index in [1.165, 1.54) is 6.07 Å². The number of sulfone groups is 1. The van der Waals surface area contributed by atoms with Gasteiger partial charge in [0.2, 0.25) is 0 Å². The van der Waals surface area contributed by atoms with E-state index in [0.29, 0.717) is 11.6 Å². The van der Waals surface area contributed by atoms with Crippen LogP contribution in [0.3, 0.4) is 0 Å². The third-order valence-electron chi connectivity index (χ3n) is 3.00. The smallest absolute Gasteiger partial charge is 0.281 e. The first-order chi connectivity index (χ1) is 10.0. The van der Waals surface area contributed by atoms with Crippen molar-refractivity contribution in [3.8, 4) is 11.6 Å². The molecule has 2 aromatic rings. The fourth-order valence-corrected chi connectivity index (χ4v) is 2.71. The van der Waals surface area contributed by atoms with E-state index in [4.69, 9.17) is 9.05 Å². The molecule has 0 atom stereocenters. The lowest BCUT2D eigenvalue weighted by atomic mass is 10.4. The normalized spacial score (nSPS) is 16.3. The van der Waals surface area contributed by atoms with Gasteiger partial charge in [0, 0.05) is 38.5 Å². The third kappa shape index (κ3) is 3.39. The molecule has 1 aliphatic heterocycles. The molecule has 9 nitrogen and oxygen atoms in total. The van der Waals surface area contributed by atoms with Gasteiger partial charge in [-0.15, -0.1) is 0 Å². The lowest BCUT2D eigenvalue weighted by Gasteiger charge is -2.25. The van der Waals surface area contributed by atoms with Gasteiger partial charge in [-0.3, -0.25) is 0 Å². The van der Waals surface area contributed by atoms with Crippen molar-refractivity contribution < 1.29 is 17.5 Å². The van der Waals surface area contributed by atoms with Gasteiger partial charge in [-0.05, 0) is 5.16 Å². The highest BCUT2D eigenvalue weighted by Gasteiger charge is 2.20. The summed E-state index contributed by atoms with van der Waals surface area (Å²) in [6.07, 6.45) is 1.13. The summed E-state index contributed by atoms with van der Waals surface area (Å²) < 4.78 is 32.5. The number of anilines is 1. The van der Waals surface area contributed by atoms with Gasteiger partial charge >= 0.3 is 0 Å². The van der Waals surface area contributed by atoms with Crippen LogP contribution in [-0.4, -0.2) is 56.1 Å². The minimum absolute atomic E-state index is 0.210. The molecule has 10 heteroatoms. The Labute approximate surface area is 121 Å². The summed E-state index contributed by atoms with van der Waals surface area (Å²) in [7, 11) is -3.17. The molecule has 0 spiro atoms. The van der Waals surface area contributed by atoms with Crippen LogP contribution in [0.15, 0.2) is 15.1 Å². The minimum Gasteiger partial charge on any atom is -0.360 e. The fraction of sp³-hybridized carbons (Fsp3) is 0.545. The summed E-state index contributed by atoms with van der Waals surface area (Å²) in [6, 6.07) is 1.50. The summed E-state index contributed by atoms with van der Waals surface area (Å²) in [4.78, 5) is 6.26. The fourth-order valence-electron chi connectivity index (χ4n) is 2.05. The predicted molar refractivity (Wildman–Crippen MR) is 73.4 cm³/mol. The van der Waals surface area contributed by atoms with Crippen LogP contribution >= 0.6 is 0 Å². The molecule has 114 valence electrons. The highest BCUT2D eigenvalue weighted by molar-refractivity contribution is 7.89. The highest BCUT2D eigenvalue weighted by Crippen LogP contribution is 2.21. The Balaban J connectivity index is 1.77. The molecular weight excluding hydrogens is 298 g/mol. The Morgan fingerprint density at radius 1 is 1.29 bits per heavy atom. The first-order valence-corrected chi connectivity index (χ1v) is 8.50. The molecule has 0 bridgehead atoms. The lowest BCUT2D eigenvalue weighted by Crippen LogP contribution is -2.44. The van der Waals surface area contributed by atoms with Crippen LogP contribution in [0.5, 0.6) is 0 Å². The number of hydrogen-bond acceptors (Lipinski definition) is 9. The molecule has 3 rings (SSSR count). The van der Waals surface area contributed by atoms with Crippen LogP contribution in [0.1, 0.15) is 5.76 Å². The monoisotopic (exact) mass is 313 g/mol. The Hall–Kier alpha value is -1.94. The van der Waals surface area contributed by atoms with Gasteiger partial charge in [-0.1, -0.05) is 5.16 Å². The van der Waals surface area contributed by atoms with Crippen molar-refractivity contribution >= 4 is 15.8 Å². The van der Waals surface area contributed by atoms with E-state index in [0.717, 1.165) is 32.4 Å². The van der Waals surface area contributed by atoms with Gasteiger partial charge in [0.15, 0.2) is 21.3 Å². The maximum atomic E-state index is 11.2. The number of nitrogens with zero attached hydrogens (tertiary/aromatic N) is 4. The Kier molecular flexibility index (Phi) is 3.64. The largest absolute Gasteiger partial charge is 0.360 e. The van der Waals surface area contributed by atoms with E-state index in [2.05, 4.69) is 20.6 Å². The number of hydrogen-bond donors (Lipinski definition) is 1. The zero-order valence-corrected chi connectivity index (χ0v) is 12.3. The van der Waals surface area contributed by atoms with Gasteiger partial charge in [0.25, 0.3) is 11.8 Å². The van der Waals surface area contributed by atoms with E-state index in [9.17, 15) is 8.42 Å². The third-order valence-corrected chi connectivity index (χ3v) is 3.81. The Morgan fingerprint density at radius 3 is 2.76 bits per heavy atom. The topological polar surface area (TPSA) is 114 Å². The molecule has 21 heavy (non-hydrogen) atoms. The molecule has 0 saturated carbocycles. The molecule has 1 saturated heterocycles. The van der Waals surface area contributed by atoms with Crippen LogP contribution in [0.25, 0.3) is 11.6 Å². The summed E-state index contributed by atoms with van der Waals surface area (Å²) in [5, 5.41) is 10.9. The molecule has 0 aromatic carbocycles. The average Bonchev–Trinajstić information content (AvgIpc) is 3.06. The molecule has 2 aromatic heterocycles. The van der Waals surface area contributed by atoms with Crippen molar-refractivity contribution in [2.24, 2.45) is 0 Å². The second-order valence-electron chi connectivity index (χ2n) is 4.89. The van der Waals surface area contributed by atoms with E-state index >= 15 is 0 Å². The van der Waals surface area contributed by atoms with Gasteiger partial charge in [0.1, 0.15) is 5.75 Å². The summed E-state index contributed by atoms with van der Waals surface area (Å²) in [5.74, 6) is 0.749. The zero-order valence-electron chi connectivity index (χ0n) is 11.4. The van der Waals surface area contributed by atoms with Gasteiger partial charge in [0.05, 0.1) is 0 Å². The predicted octanol–water partition coefficient (Wildman–Crippen LogP) is -0.321. The van der Waals surface area contributed by atoms with Crippen molar-refractivity contribution in [2.45, 2.75) is 5.75 Å². The number of nitrogens with one attached hydrogen (secondary N) is 1. The Bertz CT molecular complexity index is 717. The van der Waals surface area contributed by atoms with Crippen molar-refractivity contribution in [1.82, 2.24) is 20.6 Å². The van der Waals surface area contributed by atoms with Crippen molar-refractivity contribution in [2.75, 3.05) is 37.3 Å². The molecule has 0 aliphatic carbocycles. The molecule has 1 N–H and O–H groups in total. The van der Waals surface area contributed by atoms with Gasteiger partial charge in [-0.2, -0.15) is 4.98 Å². The molecule has 0 unspecified atom stereocenters. The summed E-state index contributed by atoms with van der Waals surface area (Å²) in [6.45, 7) is 3.34. The maximum absolute atomic E-state index is 11.2. The van der Waals surface area contributed by atoms with E-state index < -0.39 is 9.84 Å². The van der Waals surface area contributed by atoms with E-state index in [1.54, 1.807) is 0 Å². The van der Waals surface area contributed by atoms with Gasteiger partial charge < -0.3 is 19.3 Å². The SMILES string of the molecule is CS(=O)(=O)Cc1cc(-c2nc(N3CCNCC3)no2)no1. The van der Waals surface area contributed by atoms with Crippen LogP contribution in [-0.2, 0) is 15.6 Å². The summed E-state index contributed by atoms with van der Waals surface area (Å²) >= 11 is 0. The number of aromatic nitrogens is 3. The quantitative estimate of drug-likeness (QED) is 0.810. The number of piperazine rings is 1. The van der Waals surface area contributed by atoms with Crippen molar-refractivity contribution in [3.05, 3.63) is 11.8 Å². The molecule has 0 radical (unpaired) electrons. The van der Waals surface area contributed by atoms with E-state index in [-0.39, 0.29) is 17.4 Å². The van der Waals surface area contributed by atoms with Crippen molar-refractivity contribution in [3.63, 3.8) is 0 Å². The second-order valence-corrected chi connectivity index (χ2v) is 7.03. The zero-order chi connectivity index (χ0) is 14.9. The highest BCUT2D eigenvalue weighted by atomic mass is 32.2. The number of rotatable bonds is 4. The van der Waals surface area contributed by atoms with Crippen LogP contribution in [0.2, 0.25) is 0 Å². The molecule has 0 amide bonds. The lowest BCUT2D eigenvalue weighted by molar-refractivity contribution is 0.386. The molecular formula is C11H15N5O4S. The minimum atomic E-state index is -3.17. The standard InChI is InChI=1S/C11H15N5O4S/c1-21(17,18)7-8-6-9(14-19-8)10-13-11(15-20-10)16-4-2-12-3-5-16/h6,12H,2-5,7H2,1H3. The van der Waals surface area contributed by atoms with E-state index in [1.807, 2.05) is 4.90 Å². The average molecular weight is 313 g/mol. The Morgan fingerprint density at radius 2 is 2.05 bits per heavy atom. The first-order valence-electron chi connectivity index (χ1n) is 6.44.